The molecule has 2 aliphatic rings. The number of methoxy groups -OCH3 is 2. The summed E-state index contributed by atoms with van der Waals surface area (Å²) in [5.41, 5.74) is 0.711. The van der Waals surface area contributed by atoms with Crippen LogP contribution in [0.2, 0.25) is 0 Å². The molecule has 27 heavy (non-hydrogen) atoms. The Bertz CT molecular complexity index is 667. The van der Waals surface area contributed by atoms with Gasteiger partial charge in [0.2, 0.25) is 0 Å². The predicted octanol–water partition coefficient (Wildman–Crippen LogP) is -0.581. The van der Waals surface area contributed by atoms with Crippen molar-refractivity contribution in [2.75, 3.05) is 41.5 Å². The number of nitrogens with one attached hydrogen (secondary N) is 2. The molecule has 2 bridgehead atoms. The summed E-state index contributed by atoms with van der Waals surface area (Å²) in [6.45, 7) is -0.468. The van der Waals surface area contributed by atoms with Crippen LogP contribution in [0, 0.1) is 0 Å². The predicted molar refractivity (Wildman–Crippen MR) is 87.6 cm³/mol. The monoisotopic (exact) mass is 384 g/mol. The molecule has 0 radical (unpaired) electrons. The number of rotatable bonds is 6. The Balaban J connectivity index is 2.40. The molecule has 0 aromatic carbocycles. The summed E-state index contributed by atoms with van der Waals surface area (Å²) in [7, 11) is 5.10. The third-order valence-corrected chi connectivity index (χ3v) is 4.07. The van der Waals surface area contributed by atoms with Crippen LogP contribution in [-0.4, -0.2) is 77.9 Å². The molecule has 11 heteroatoms. The summed E-state index contributed by atoms with van der Waals surface area (Å²) in [5.74, 6) is -1.54. The molecule has 2 rings (SSSR count). The highest BCUT2D eigenvalue weighted by molar-refractivity contribution is 6.04. The first-order chi connectivity index (χ1) is 12.9. The van der Waals surface area contributed by atoms with Gasteiger partial charge >= 0.3 is 24.1 Å². The molecule has 0 saturated carbocycles. The zero-order valence-corrected chi connectivity index (χ0v) is 15.2. The molecule has 11 nitrogen and oxygen atoms in total. The van der Waals surface area contributed by atoms with E-state index < -0.39 is 36.3 Å². The fourth-order valence-electron chi connectivity index (χ4n) is 2.83. The maximum atomic E-state index is 12.2. The Labute approximate surface area is 154 Å². The fraction of sp³-hybridized carbons (Fsp3) is 0.500. The summed E-state index contributed by atoms with van der Waals surface area (Å²) in [6, 6.07) is 0. The Morgan fingerprint density at radius 1 is 0.815 bits per heavy atom. The Morgan fingerprint density at radius 3 is 1.48 bits per heavy atom. The van der Waals surface area contributed by atoms with Crippen LogP contribution >= 0.6 is 0 Å². The largest absolute Gasteiger partial charge is 0.466 e. The third kappa shape index (κ3) is 3.87. The minimum absolute atomic E-state index is 0.0338. The van der Waals surface area contributed by atoms with Crippen LogP contribution in [0.5, 0.6) is 0 Å². The minimum Gasteiger partial charge on any atom is -0.466 e. The van der Waals surface area contributed by atoms with Gasteiger partial charge in [0, 0.05) is 25.2 Å². The third-order valence-electron chi connectivity index (χ3n) is 4.07. The molecule has 2 N–H and O–H groups in total. The first-order valence-corrected chi connectivity index (χ1v) is 7.86. The van der Waals surface area contributed by atoms with E-state index in [0.29, 0.717) is 11.1 Å². The quantitative estimate of drug-likeness (QED) is 0.350. The lowest BCUT2D eigenvalue weighted by atomic mass is 9.86. The van der Waals surface area contributed by atoms with Gasteiger partial charge < -0.3 is 34.3 Å². The average molecular weight is 384 g/mol. The van der Waals surface area contributed by atoms with Crippen molar-refractivity contribution < 1.29 is 42.9 Å². The second-order valence-electron chi connectivity index (χ2n) is 5.41. The molecule has 0 aromatic rings. The van der Waals surface area contributed by atoms with Crippen molar-refractivity contribution in [3.05, 3.63) is 22.3 Å². The van der Waals surface area contributed by atoms with Gasteiger partial charge in [-0.2, -0.15) is 0 Å². The Morgan fingerprint density at radius 2 is 1.19 bits per heavy atom. The van der Waals surface area contributed by atoms with Crippen molar-refractivity contribution in [3.63, 3.8) is 0 Å². The van der Waals surface area contributed by atoms with Crippen molar-refractivity contribution in [1.29, 1.82) is 0 Å². The number of fused-ring (bicyclic) bond motifs is 2. The topological polar surface area (TPSA) is 138 Å². The molecular formula is C16H20N2O9. The highest BCUT2D eigenvalue weighted by Crippen LogP contribution is 2.44. The highest BCUT2D eigenvalue weighted by Gasteiger charge is 2.52. The van der Waals surface area contributed by atoms with Gasteiger partial charge in [0.15, 0.2) is 0 Å². The Hall–Kier alpha value is -3.08. The summed E-state index contributed by atoms with van der Waals surface area (Å²) in [5, 5.41) is 4.58. The number of ether oxygens (including phenoxy) is 5. The summed E-state index contributed by atoms with van der Waals surface area (Å²) >= 11 is 0. The maximum Gasteiger partial charge on any atom is 0.407 e. The summed E-state index contributed by atoms with van der Waals surface area (Å²) in [4.78, 5) is 47.2. The van der Waals surface area contributed by atoms with E-state index in [9.17, 15) is 19.2 Å². The van der Waals surface area contributed by atoms with E-state index >= 15 is 0 Å². The standard InChI is InChI=1S/C16H20N2O9/c1-17-15(21)25-5-7-8(6-26-16(22)18-2)12-10(14(20)24-4)9(11(7)27-12)13(19)23-3/h11-12H,5-6H2,1-4H3,(H,17,21)(H,18,22)/t11-,12+. The second kappa shape index (κ2) is 8.54. The number of hydrogen-bond acceptors (Lipinski definition) is 9. The van der Waals surface area contributed by atoms with Gasteiger partial charge in [0.25, 0.3) is 0 Å². The van der Waals surface area contributed by atoms with E-state index in [-0.39, 0.29) is 24.4 Å². The number of amides is 2. The smallest absolute Gasteiger partial charge is 0.407 e. The maximum absolute atomic E-state index is 12.2. The molecule has 0 saturated heterocycles. The van der Waals surface area contributed by atoms with E-state index in [1.54, 1.807) is 0 Å². The van der Waals surface area contributed by atoms with Gasteiger partial charge in [-0.3, -0.25) is 0 Å². The van der Waals surface area contributed by atoms with Gasteiger partial charge in [-0.25, -0.2) is 19.2 Å². The van der Waals surface area contributed by atoms with Gasteiger partial charge in [0.05, 0.1) is 25.4 Å². The number of esters is 2. The van der Waals surface area contributed by atoms with Gasteiger partial charge in [-0.15, -0.1) is 0 Å². The lowest BCUT2D eigenvalue weighted by Crippen LogP contribution is -2.31. The molecule has 2 heterocycles. The minimum atomic E-state index is -0.982. The number of carbonyl (C=O) groups is 4. The Kier molecular flexibility index (Phi) is 6.40. The average Bonchev–Trinajstić information content (AvgIpc) is 3.24. The van der Waals surface area contributed by atoms with E-state index in [0.717, 1.165) is 14.2 Å². The van der Waals surface area contributed by atoms with Crippen molar-refractivity contribution in [3.8, 4) is 0 Å². The molecule has 0 unspecified atom stereocenters. The highest BCUT2D eigenvalue weighted by atomic mass is 16.6. The van der Waals surface area contributed by atoms with Crippen LogP contribution in [0.1, 0.15) is 0 Å². The van der Waals surface area contributed by atoms with Crippen LogP contribution in [0.3, 0.4) is 0 Å². The molecule has 2 atom stereocenters. The lowest BCUT2D eigenvalue weighted by Gasteiger charge is -2.20. The number of carbonyl (C=O) groups excluding carboxylic acids is 4. The first kappa shape index (κ1) is 20.2. The SMILES string of the molecule is CNC(=O)OCC1=C(COC(=O)NC)[C@@H]2O[C@H]1C(C(=O)OC)=C2C(=O)OC. The molecule has 0 spiro atoms. The van der Waals surface area contributed by atoms with Crippen LogP contribution < -0.4 is 10.6 Å². The molecule has 0 fully saturated rings. The van der Waals surface area contributed by atoms with Crippen molar-refractivity contribution in [2.24, 2.45) is 0 Å². The van der Waals surface area contributed by atoms with Crippen molar-refractivity contribution >= 4 is 24.1 Å². The van der Waals surface area contributed by atoms with Crippen LogP contribution in [0.15, 0.2) is 22.3 Å². The van der Waals surface area contributed by atoms with Gasteiger partial charge in [-0.1, -0.05) is 0 Å². The van der Waals surface area contributed by atoms with Crippen LogP contribution in [-0.2, 0) is 33.3 Å². The summed E-state index contributed by atoms with van der Waals surface area (Å²) in [6.07, 6.45) is -3.36. The van der Waals surface area contributed by atoms with Crippen molar-refractivity contribution in [1.82, 2.24) is 10.6 Å². The zero-order valence-electron chi connectivity index (χ0n) is 15.2. The molecular weight excluding hydrogens is 364 g/mol. The molecule has 148 valence electrons. The van der Waals surface area contributed by atoms with Crippen LogP contribution in [0.4, 0.5) is 9.59 Å². The van der Waals surface area contributed by atoms with Gasteiger partial charge in [-0.05, 0) is 0 Å². The lowest BCUT2D eigenvalue weighted by molar-refractivity contribution is -0.139. The zero-order chi connectivity index (χ0) is 20.1. The van der Waals surface area contributed by atoms with E-state index in [4.69, 9.17) is 23.7 Å². The van der Waals surface area contributed by atoms with E-state index in [1.807, 2.05) is 0 Å². The normalized spacial score (nSPS) is 20.3. The molecule has 0 aromatic heterocycles. The van der Waals surface area contributed by atoms with E-state index in [2.05, 4.69) is 10.6 Å². The fourth-order valence-corrected chi connectivity index (χ4v) is 2.83. The molecule has 0 aliphatic carbocycles. The first-order valence-electron chi connectivity index (χ1n) is 7.86. The van der Waals surface area contributed by atoms with E-state index in [1.165, 1.54) is 14.1 Å². The number of alkyl carbamates (subject to hydrolysis) is 2. The number of hydrogen-bond donors (Lipinski definition) is 2. The molecule has 2 aliphatic heterocycles. The van der Waals surface area contributed by atoms with Gasteiger partial charge in [0.1, 0.15) is 25.4 Å². The summed E-state index contributed by atoms with van der Waals surface area (Å²) < 4.78 is 25.3. The van der Waals surface area contributed by atoms with Crippen LogP contribution in [0.25, 0.3) is 0 Å². The molecule has 2 amide bonds. The van der Waals surface area contributed by atoms with Crippen molar-refractivity contribution in [2.45, 2.75) is 12.2 Å². The second-order valence-corrected chi connectivity index (χ2v) is 5.41.